The van der Waals surface area contributed by atoms with Crippen molar-refractivity contribution in [1.82, 2.24) is 0 Å². The van der Waals surface area contributed by atoms with Crippen LogP contribution in [0.2, 0.25) is 0 Å². The van der Waals surface area contributed by atoms with Crippen molar-refractivity contribution in [2.45, 2.75) is 29.1 Å². The van der Waals surface area contributed by atoms with Crippen molar-refractivity contribution in [3.05, 3.63) is 118 Å². The largest absolute Gasteiger partial charge is 0.0895 e. The second-order valence-corrected chi connectivity index (χ2v) is 8.90. The molecule has 0 fully saturated rings. The van der Waals surface area contributed by atoms with E-state index in [1.165, 1.54) is 54.3 Å². The van der Waals surface area contributed by atoms with E-state index < -0.39 is 0 Å². The maximum atomic E-state index is 2.41. The predicted molar refractivity (Wildman–Crippen MR) is 117 cm³/mol. The van der Waals surface area contributed by atoms with Gasteiger partial charge in [0, 0.05) is 9.79 Å². The van der Waals surface area contributed by atoms with Gasteiger partial charge in [0.2, 0.25) is 0 Å². The molecule has 4 aromatic rings. The summed E-state index contributed by atoms with van der Waals surface area (Å²) in [4.78, 5) is 2.80. The first-order valence-electron chi connectivity index (χ1n) is 9.91. The van der Waals surface area contributed by atoms with Gasteiger partial charge >= 0.3 is 0 Å². The highest BCUT2D eigenvalue weighted by atomic mass is 32.2. The molecule has 4 aromatic carbocycles. The zero-order valence-corrected chi connectivity index (χ0v) is 16.4. The van der Waals surface area contributed by atoms with E-state index in [2.05, 4.69) is 84.9 Å². The molecule has 1 aliphatic carbocycles. The first-order chi connectivity index (χ1) is 13.8. The fourth-order valence-corrected chi connectivity index (χ4v) is 5.58. The zero-order chi connectivity index (χ0) is 18.5. The Morgan fingerprint density at radius 2 is 0.964 bits per heavy atom. The molecule has 0 radical (unpaired) electrons. The zero-order valence-electron chi connectivity index (χ0n) is 15.6. The van der Waals surface area contributed by atoms with E-state index in [4.69, 9.17) is 0 Å². The van der Waals surface area contributed by atoms with E-state index >= 15 is 0 Å². The number of rotatable bonds is 1. The summed E-state index contributed by atoms with van der Waals surface area (Å²) in [6.45, 7) is 0. The Balaban J connectivity index is 1.36. The summed E-state index contributed by atoms with van der Waals surface area (Å²) < 4.78 is 0. The van der Waals surface area contributed by atoms with Gasteiger partial charge in [0.15, 0.2) is 0 Å². The Labute approximate surface area is 170 Å². The lowest BCUT2D eigenvalue weighted by atomic mass is 9.84. The molecular weight excluding hydrogens is 356 g/mol. The Bertz CT molecular complexity index is 1120. The SMILES string of the molecule is c1ccc2c(c1)Cc1ccc(-c3ccc4c(c3)Cc3ccccc3S4)cc1C2. The van der Waals surface area contributed by atoms with Crippen LogP contribution in [-0.2, 0) is 19.3 Å². The van der Waals surface area contributed by atoms with Crippen LogP contribution in [0.5, 0.6) is 0 Å². The van der Waals surface area contributed by atoms with Crippen LogP contribution in [0.25, 0.3) is 11.1 Å². The summed E-state index contributed by atoms with van der Waals surface area (Å²) in [6.07, 6.45) is 3.14. The lowest BCUT2D eigenvalue weighted by molar-refractivity contribution is 1.00. The molecule has 2 aliphatic rings. The predicted octanol–water partition coefficient (Wildman–Crippen LogP) is 6.90. The maximum Gasteiger partial charge on any atom is 0.0158 e. The highest BCUT2D eigenvalue weighted by Crippen LogP contribution is 2.41. The first-order valence-corrected chi connectivity index (χ1v) is 10.7. The van der Waals surface area contributed by atoms with Crippen LogP contribution < -0.4 is 0 Å². The lowest BCUT2D eigenvalue weighted by Crippen LogP contribution is -2.07. The van der Waals surface area contributed by atoms with Gasteiger partial charge in [0.1, 0.15) is 0 Å². The molecule has 0 N–H and O–H groups in total. The molecule has 0 nitrogen and oxygen atoms in total. The van der Waals surface area contributed by atoms with E-state index in [0.717, 1.165) is 19.3 Å². The molecule has 1 heteroatoms. The fraction of sp³-hybridized carbons (Fsp3) is 0.111. The number of fused-ring (bicyclic) bond motifs is 4. The van der Waals surface area contributed by atoms with Crippen molar-refractivity contribution < 1.29 is 0 Å². The third-order valence-electron chi connectivity index (χ3n) is 6.05. The molecule has 0 bridgehead atoms. The normalized spacial score (nSPS) is 13.9. The summed E-state index contributed by atoms with van der Waals surface area (Å²) in [5.41, 5.74) is 11.5. The second-order valence-electron chi connectivity index (χ2n) is 7.81. The average Bonchev–Trinajstić information content (AvgIpc) is 2.75. The number of hydrogen-bond donors (Lipinski definition) is 0. The first kappa shape index (κ1) is 16.2. The molecular formula is C27H20S. The highest BCUT2D eigenvalue weighted by molar-refractivity contribution is 7.99. The van der Waals surface area contributed by atoms with E-state index in [1.54, 1.807) is 0 Å². The van der Waals surface area contributed by atoms with E-state index in [-0.39, 0.29) is 0 Å². The van der Waals surface area contributed by atoms with Crippen molar-refractivity contribution in [2.24, 2.45) is 0 Å². The standard InChI is InChI=1S/C27H20S/c1-2-6-19-14-24-15-20(9-10-22(24)13-18(19)5-1)21-11-12-27-25(16-21)17-23-7-3-4-8-26(23)28-27/h1-12,15-16H,13-14,17H2. The maximum absolute atomic E-state index is 2.41. The second kappa shape index (κ2) is 6.39. The van der Waals surface area contributed by atoms with Gasteiger partial charge in [0.25, 0.3) is 0 Å². The third kappa shape index (κ3) is 2.70. The Hall–Kier alpha value is -2.77. The molecule has 0 aromatic heterocycles. The quantitative estimate of drug-likeness (QED) is 0.301. The minimum atomic E-state index is 1.03. The molecule has 0 atom stereocenters. The Morgan fingerprint density at radius 1 is 0.429 bits per heavy atom. The topological polar surface area (TPSA) is 0 Å². The van der Waals surface area contributed by atoms with Crippen molar-refractivity contribution in [2.75, 3.05) is 0 Å². The molecule has 0 saturated carbocycles. The lowest BCUT2D eigenvalue weighted by Gasteiger charge is -2.22. The molecule has 28 heavy (non-hydrogen) atoms. The molecule has 0 spiro atoms. The van der Waals surface area contributed by atoms with Crippen molar-refractivity contribution in [3.63, 3.8) is 0 Å². The van der Waals surface area contributed by atoms with Crippen molar-refractivity contribution in [3.8, 4) is 11.1 Å². The van der Waals surface area contributed by atoms with Gasteiger partial charge in [-0.25, -0.2) is 0 Å². The van der Waals surface area contributed by atoms with Gasteiger partial charge in [-0.1, -0.05) is 78.5 Å². The van der Waals surface area contributed by atoms with E-state index in [1.807, 2.05) is 11.8 Å². The number of hydrogen-bond acceptors (Lipinski definition) is 1. The van der Waals surface area contributed by atoms with Crippen LogP contribution in [0, 0.1) is 0 Å². The van der Waals surface area contributed by atoms with Gasteiger partial charge in [0.05, 0.1) is 0 Å². The van der Waals surface area contributed by atoms with Crippen molar-refractivity contribution >= 4 is 11.8 Å². The van der Waals surface area contributed by atoms with Crippen LogP contribution in [0.3, 0.4) is 0 Å². The van der Waals surface area contributed by atoms with Crippen LogP contribution in [-0.4, -0.2) is 0 Å². The minimum Gasteiger partial charge on any atom is -0.0895 e. The third-order valence-corrected chi connectivity index (χ3v) is 7.29. The molecule has 1 heterocycles. The summed E-state index contributed by atoms with van der Waals surface area (Å²) in [5, 5.41) is 0. The Kier molecular flexibility index (Phi) is 3.70. The van der Waals surface area contributed by atoms with Gasteiger partial charge in [-0.05, 0) is 82.0 Å². The Morgan fingerprint density at radius 3 is 1.79 bits per heavy atom. The molecule has 1 aliphatic heterocycles. The highest BCUT2D eigenvalue weighted by Gasteiger charge is 2.18. The average molecular weight is 377 g/mol. The minimum absolute atomic E-state index is 1.03. The summed E-state index contributed by atoms with van der Waals surface area (Å²) in [7, 11) is 0. The summed E-state index contributed by atoms with van der Waals surface area (Å²) in [6, 6.07) is 31.7. The smallest absolute Gasteiger partial charge is 0.0158 e. The van der Waals surface area contributed by atoms with Crippen LogP contribution >= 0.6 is 11.8 Å². The van der Waals surface area contributed by atoms with E-state index in [0.29, 0.717) is 0 Å². The summed E-state index contributed by atoms with van der Waals surface area (Å²) >= 11 is 1.90. The van der Waals surface area contributed by atoms with Crippen LogP contribution in [0.4, 0.5) is 0 Å². The van der Waals surface area contributed by atoms with Gasteiger partial charge in [-0.15, -0.1) is 0 Å². The number of benzene rings is 4. The van der Waals surface area contributed by atoms with E-state index in [9.17, 15) is 0 Å². The molecule has 0 saturated heterocycles. The van der Waals surface area contributed by atoms with Crippen molar-refractivity contribution in [1.29, 1.82) is 0 Å². The molecule has 0 unspecified atom stereocenters. The summed E-state index contributed by atoms with van der Waals surface area (Å²) in [5.74, 6) is 0. The van der Waals surface area contributed by atoms with Gasteiger partial charge in [-0.3, -0.25) is 0 Å². The monoisotopic (exact) mass is 376 g/mol. The van der Waals surface area contributed by atoms with Crippen LogP contribution in [0.15, 0.2) is 94.7 Å². The van der Waals surface area contributed by atoms with Gasteiger partial charge in [-0.2, -0.15) is 0 Å². The van der Waals surface area contributed by atoms with Gasteiger partial charge < -0.3 is 0 Å². The fourth-order valence-electron chi connectivity index (χ4n) is 4.53. The molecule has 0 amide bonds. The molecule has 6 rings (SSSR count). The van der Waals surface area contributed by atoms with Crippen LogP contribution in [0.1, 0.15) is 33.4 Å². The molecule has 134 valence electrons.